The Bertz CT molecular complexity index is 270. The molecule has 0 spiro atoms. The second-order valence-electron chi connectivity index (χ2n) is 5.51. The van der Waals surface area contributed by atoms with Crippen LogP contribution in [0.5, 0.6) is 0 Å². The predicted molar refractivity (Wildman–Crippen MR) is 61.2 cm³/mol. The maximum absolute atomic E-state index is 11.8. The van der Waals surface area contributed by atoms with Crippen molar-refractivity contribution in [2.75, 3.05) is 6.54 Å². The van der Waals surface area contributed by atoms with E-state index in [1.807, 2.05) is 20.8 Å². The van der Waals surface area contributed by atoms with Gasteiger partial charge in [0.15, 0.2) is 0 Å². The highest BCUT2D eigenvalue weighted by Crippen LogP contribution is 2.23. The maximum atomic E-state index is 11.8. The molecule has 2 atom stereocenters. The highest BCUT2D eigenvalue weighted by molar-refractivity contribution is 5.74. The van der Waals surface area contributed by atoms with E-state index in [9.17, 15) is 9.59 Å². The molecule has 0 aliphatic carbocycles. The molecule has 1 aliphatic rings. The predicted octanol–water partition coefficient (Wildman–Crippen LogP) is 2.22. The molecule has 1 rings (SSSR count). The van der Waals surface area contributed by atoms with E-state index >= 15 is 0 Å². The van der Waals surface area contributed by atoms with Crippen molar-refractivity contribution in [3.05, 3.63) is 0 Å². The molecule has 1 saturated heterocycles. The molecule has 0 bridgehead atoms. The summed E-state index contributed by atoms with van der Waals surface area (Å²) < 4.78 is 5.27. The largest absolute Gasteiger partial charge is 0.444 e. The molecule has 4 nitrogen and oxygen atoms in total. The van der Waals surface area contributed by atoms with Gasteiger partial charge in [-0.2, -0.15) is 0 Å². The van der Waals surface area contributed by atoms with Gasteiger partial charge in [0.1, 0.15) is 11.9 Å². The molecule has 0 N–H and O–H groups in total. The maximum Gasteiger partial charge on any atom is 0.410 e. The number of carbonyl (C=O) groups excluding carboxylic acids is 2. The van der Waals surface area contributed by atoms with E-state index in [1.165, 1.54) is 4.90 Å². The first kappa shape index (κ1) is 13.0. The molecule has 92 valence electrons. The Kier molecular flexibility index (Phi) is 3.94. The van der Waals surface area contributed by atoms with Crippen LogP contribution in [0.1, 0.15) is 40.5 Å². The molecule has 1 aliphatic heterocycles. The summed E-state index contributed by atoms with van der Waals surface area (Å²) in [5.41, 5.74) is -0.506. The standard InChI is InChI=1S/C12H21NO3/c1-9-5-6-13(10(7-9)8-14)11(15)16-12(2,3)4/h8-10H,5-7H2,1-4H3. The first-order valence-electron chi connectivity index (χ1n) is 5.78. The normalized spacial score (nSPS) is 26.4. The molecule has 2 unspecified atom stereocenters. The van der Waals surface area contributed by atoms with Crippen LogP contribution in [0, 0.1) is 5.92 Å². The van der Waals surface area contributed by atoms with Crippen LogP contribution < -0.4 is 0 Å². The molecule has 1 fully saturated rings. The van der Waals surface area contributed by atoms with Crippen LogP contribution in [0.25, 0.3) is 0 Å². The Hall–Kier alpha value is -1.06. The van der Waals surface area contributed by atoms with E-state index in [4.69, 9.17) is 4.74 Å². The molecule has 0 aromatic heterocycles. The van der Waals surface area contributed by atoms with E-state index in [1.54, 1.807) is 0 Å². The van der Waals surface area contributed by atoms with Crippen molar-refractivity contribution >= 4 is 12.4 Å². The summed E-state index contributed by atoms with van der Waals surface area (Å²) in [6.07, 6.45) is 2.14. The summed E-state index contributed by atoms with van der Waals surface area (Å²) in [4.78, 5) is 24.3. The number of aldehydes is 1. The Morgan fingerprint density at radius 1 is 1.44 bits per heavy atom. The first-order valence-corrected chi connectivity index (χ1v) is 5.78. The molecule has 0 radical (unpaired) electrons. The lowest BCUT2D eigenvalue weighted by Gasteiger charge is -2.36. The van der Waals surface area contributed by atoms with Gasteiger partial charge in [-0.1, -0.05) is 6.92 Å². The van der Waals surface area contributed by atoms with Gasteiger partial charge in [-0.3, -0.25) is 4.90 Å². The average molecular weight is 227 g/mol. The molecule has 0 aromatic rings. The zero-order valence-corrected chi connectivity index (χ0v) is 10.5. The van der Waals surface area contributed by atoms with Gasteiger partial charge in [-0.05, 0) is 39.5 Å². The number of piperidine rings is 1. The second kappa shape index (κ2) is 4.85. The molecular formula is C12H21NO3. The number of amides is 1. The quantitative estimate of drug-likeness (QED) is 0.645. The van der Waals surface area contributed by atoms with Gasteiger partial charge in [0, 0.05) is 6.54 Å². The molecule has 0 aromatic carbocycles. The topological polar surface area (TPSA) is 46.6 Å². The van der Waals surface area contributed by atoms with Crippen molar-refractivity contribution in [2.45, 2.75) is 52.2 Å². The van der Waals surface area contributed by atoms with E-state index in [2.05, 4.69) is 6.92 Å². The van der Waals surface area contributed by atoms with Crippen molar-refractivity contribution in [1.82, 2.24) is 4.90 Å². The first-order chi connectivity index (χ1) is 7.33. The number of nitrogens with zero attached hydrogens (tertiary/aromatic N) is 1. The van der Waals surface area contributed by atoms with E-state index in [-0.39, 0.29) is 12.1 Å². The van der Waals surface area contributed by atoms with Crippen LogP contribution in [-0.2, 0) is 9.53 Å². The number of likely N-dealkylation sites (tertiary alicyclic amines) is 1. The Balaban J connectivity index is 2.64. The third kappa shape index (κ3) is 3.51. The fourth-order valence-corrected chi connectivity index (χ4v) is 1.86. The van der Waals surface area contributed by atoms with E-state index in [0.29, 0.717) is 12.5 Å². The minimum atomic E-state index is -0.506. The molecule has 16 heavy (non-hydrogen) atoms. The lowest BCUT2D eigenvalue weighted by Crippen LogP contribution is -2.48. The zero-order valence-electron chi connectivity index (χ0n) is 10.5. The van der Waals surface area contributed by atoms with Crippen LogP contribution in [0.15, 0.2) is 0 Å². The molecule has 4 heteroatoms. The summed E-state index contributed by atoms with van der Waals surface area (Å²) in [7, 11) is 0. The van der Waals surface area contributed by atoms with Crippen LogP contribution in [0.3, 0.4) is 0 Å². The third-order valence-electron chi connectivity index (χ3n) is 2.69. The van der Waals surface area contributed by atoms with Crippen LogP contribution in [-0.4, -0.2) is 35.5 Å². The number of hydrogen-bond acceptors (Lipinski definition) is 3. The molecular weight excluding hydrogens is 206 g/mol. The minimum absolute atomic E-state index is 0.321. The zero-order chi connectivity index (χ0) is 12.3. The van der Waals surface area contributed by atoms with Crippen LogP contribution >= 0.6 is 0 Å². The highest BCUT2D eigenvalue weighted by atomic mass is 16.6. The summed E-state index contributed by atoms with van der Waals surface area (Å²) in [6, 6.07) is -0.321. The van der Waals surface area contributed by atoms with Crippen LogP contribution in [0.2, 0.25) is 0 Å². The van der Waals surface area contributed by atoms with E-state index < -0.39 is 5.60 Å². The van der Waals surface area contributed by atoms with Crippen LogP contribution in [0.4, 0.5) is 4.79 Å². The van der Waals surface area contributed by atoms with E-state index in [0.717, 1.165) is 19.1 Å². The Morgan fingerprint density at radius 3 is 2.56 bits per heavy atom. The number of hydrogen-bond donors (Lipinski definition) is 0. The number of ether oxygens (including phenoxy) is 1. The van der Waals surface area contributed by atoms with Gasteiger partial charge in [0.2, 0.25) is 0 Å². The Morgan fingerprint density at radius 2 is 2.06 bits per heavy atom. The summed E-state index contributed by atoms with van der Waals surface area (Å²) in [5, 5.41) is 0. The Labute approximate surface area is 96.9 Å². The van der Waals surface area contributed by atoms with Crippen molar-refractivity contribution in [2.24, 2.45) is 5.92 Å². The van der Waals surface area contributed by atoms with Crippen molar-refractivity contribution in [3.8, 4) is 0 Å². The monoisotopic (exact) mass is 227 g/mol. The lowest BCUT2D eigenvalue weighted by molar-refractivity contribution is -0.114. The summed E-state index contributed by atoms with van der Waals surface area (Å²) >= 11 is 0. The smallest absolute Gasteiger partial charge is 0.410 e. The number of rotatable bonds is 1. The molecule has 1 amide bonds. The molecule has 0 saturated carbocycles. The lowest BCUT2D eigenvalue weighted by atomic mass is 9.93. The average Bonchev–Trinajstić information content (AvgIpc) is 2.14. The van der Waals surface area contributed by atoms with Gasteiger partial charge in [0.05, 0.1) is 6.04 Å². The number of carbonyl (C=O) groups is 2. The van der Waals surface area contributed by atoms with Crippen molar-refractivity contribution in [1.29, 1.82) is 0 Å². The summed E-state index contributed by atoms with van der Waals surface area (Å²) in [5.74, 6) is 0.494. The second-order valence-corrected chi connectivity index (χ2v) is 5.51. The fraction of sp³-hybridized carbons (Fsp3) is 0.833. The minimum Gasteiger partial charge on any atom is -0.444 e. The third-order valence-corrected chi connectivity index (χ3v) is 2.69. The molecule has 1 heterocycles. The summed E-state index contributed by atoms with van der Waals surface area (Å²) in [6.45, 7) is 8.19. The van der Waals surface area contributed by atoms with Crippen molar-refractivity contribution in [3.63, 3.8) is 0 Å². The van der Waals surface area contributed by atoms with Gasteiger partial charge in [0.25, 0.3) is 0 Å². The SMILES string of the molecule is CC1CCN(C(=O)OC(C)(C)C)C(C=O)C1. The van der Waals surface area contributed by atoms with Gasteiger partial charge in [-0.25, -0.2) is 4.79 Å². The van der Waals surface area contributed by atoms with Gasteiger partial charge in [-0.15, -0.1) is 0 Å². The van der Waals surface area contributed by atoms with Gasteiger partial charge < -0.3 is 9.53 Å². The van der Waals surface area contributed by atoms with Gasteiger partial charge >= 0.3 is 6.09 Å². The fourth-order valence-electron chi connectivity index (χ4n) is 1.86. The highest BCUT2D eigenvalue weighted by Gasteiger charge is 2.32. The van der Waals surface area contributed by atoms with Crippen molar-refractivity contribution < 1.29 is 14.3 Å².